The second-order valence-corrected chi connectivity index (χ2v) is 5.96. The summed E-state index contributed by atoms with van der Waals surface area (Å²) in [5, 5.41) is 5.85. The summed E-state index contributed by atoms with van der Waals surface area (Å²) in [7, 11) is 1.62. The molecular formula is C19H21ClN2O3. The van der Waals surface area contributed by atoms with Gasteiger partial charge in [0.15, 0.2) is 6.10 Å². The fraction of sp³-hybridized carbons (Fsp3) is 0.263. The molecule has 0 radical (unpaired) electrons. The van der Waals surface area contributed by atoms with Crippen LogP contribution in [0, 0.1) is 0 Å². The number of benzene rings is 2. The number of aryl methyl sites for hydroxylation is 1. The molecule has 2 aromatic carbocycles. The van der Waals surface area contributed by atoms with E-state index >= 15 is 0 Å². The van der Waals surface area contributed by atoms with Gasteiger partial charge in [-0.1, -0.05) is 35.9 Å². The van der Waals surface area contributed by atoms with Crippen molar-refractivity contribution in [2.75, 3.05) is 12.4 Å². The predicted molar refractivity (Wildman–Crippen MR) is 99.0 cm³/mol. The van der Waals surface area contributed by atoms with Gasteiger partial charge in [-0.3, -0.25) is 9.59 Å². The Kier molecular flexibility index (Phi) is 6.83. The van der Waals surface area contributed by atoms with Gasteiger partial charge in [0.1, 0.15) is 5.75 Å². The highest BCUT2D eigenvalue weighted by Gasteiger charge is 2.16. The quantitative estimate of drug-likeness (QED) is 0.795. The molecule has 2 rings (SSSR count). The normalized spacial score (nSPS) is 11.5. The number of hydrogen-bond acceptors (Lipinski definition) is 3. The van der Waals surface area contributed by atoms with E-state index in [1.807, 2.05) is 12.1 Å². The van der Waals surface area contributed by atoms with Crippen molar-refractivity contribution in [3.63, 3.8) is 0 Å². The number of carbonyl (C=O) groups excluding carboxylic acids is 2. The van der Waals surface area contributed by atoms with Crippen LogP contribution in [0.5, 0.6) is 5.75 Å². The van der Waals surface area contributed by atoms with Gasteiger partial charge in [-0.05, 0) is 43.2 Å². The summed E-state index contributed by atoms with van der Waals surface area (Å²) >= 11 is 6.03. The highest BCUT2D eigenvalue weighted by atomic mass is 35.5. The molecule has 0 aliphatic heterocycles. The molecule has 5 nitrogen and oxygen atoms in total. The Bertz CT molecular complexity index is 732. The van der Waals surface area contributed by atoms with Crippen LogP contribution in [0.2, 0.25) is 5.02 Å². The third-order valence-corrected chi connectivity index (χ3v) is 3.96. The number of carbonyl (C=O) groups is 2. The van der Waals surface area contributed by atoms with Crippen LogP contribution in [0.3, 0.4) is 0 Å². The Morgan fingerprint density at radius 3 is 2.44 bits per heavy atom. The number of para-hydroxylation sites is 1. The molecule has 0 bridgehead atoms. The molecule has 2 aromatic rings. The van der Waals surface area contributed by atoms with Gasteiger partial charge in [0.25, 0.3) is 5.91 Å². The first-order chi connectivity index (χ1) is 12.0. The minimum absolute atomic E-state index is 0.00271. The van der Waals surface area contributed by atoms with Gasteiger partial charge in [0.2, 0.25) is 5.91 Å². The molecule has 2 amide bonds. The molecule has 25 heavy (non-hydrogen) atoms. The lowest BCUT2D eigenvalue weighted by atomic mass is 10.1. The Labute approximate surface area is 152 Å². The summed E-state index contributed by atoms with van der Waals surface area (Å²) in [6.07, 6.45) is 0.401. The van der Waals surface area contributed by atoms with Crippen molar-refractivity contribution in [2.24, 2.45) is 0 Å². The second-order valence-electron chi connectivity index (χ2n) is 5.55. The van der Waals surface area contributed by atoms with Crippen LogP contribution in [0.15, 0.2) is 48.5 Å². The van der Waals surface area contributed by atoms with Gasteiger partial charge in [-0.25, -0.2) is 0 Å². The monoisotopic (exact) mass is 360 g/mol. The van der Waals surface area contributed by atoms with E-state index in [2.05, 4.69) is 10.6 Å². The number of anilines is 1. The molecule has 0 spiro atoms. The van der Waals surface area contributed by atoms with Crippen LogP contribution < -0.4 is 15.4 Å². The number of nitrogens with one attached hydrogen (secondary N) is 2. The van der Waals surface area contributed by atoms with Crippen molar-refractivity contribution in [1.82, 2.24) is 5.32 Å². The fourth-order valence-electron chi connectivity index (χ4n) is 2.17. The number of halogens is 1. The second kappa shape index (κ2) is 9.08. The fourth-order valence-corrected chi connectivity index (χ4v) is 2.35. The summed E-state index contributed by atoms with van der Waals surface area (Å²) in [5.41, 5.74) is 1.70. The maximum Gasteiger partial charge on any atom is 0.265 e. The lowest BCUT2D eigenvalue weighted by Gasteiger charge is -2.15. The zero-order valence-electron chi connectivity index (χ0n) is 14.2. The van der Waals surface area contributed by atoms with Crippen LogP contribution in [0.1, 0.15) is 18.9 Å². The van der Waals surface area contributed by atoms with Crippen molar-refractivity contribution < 1.29 is 14.3 Å². The minimum atomic E-state index is -0.687. The Morgan fingerprint density at radius 2 is 1.80 bits per heavy atom. The van der Waals surface area contributed by atoms with E-state index in [1.165, 1.54) is 0 Å². The van der Waals surface area contributed by atoms with Crippen LogP contribution >= 0.6 is 11.6 Å². The van der Waals surface area contributed by atoms with E-state index in [-0.39, 0.29) is 11.8 Å². The molecule has 1 atom stereocenters. The van der Waals surface area contributed by atoms with Crippen LogP contribution in [-0.4, -0.2) is 25.0 Å². The molecule has 0 aromatic heterocycles. The van der Waals surface area contributed by atoms with E-state index in [0.717, 1.165) is 5.56 Å². The minimum Gasteiger partial charge on any atom is -0.479 e. The van der Waals surface area contributed by atoms with E-state index in [9.17, 15) is 9.59 Å². The number of amides is 2. The molecule has 0 saturated carbocycles. The topological polar surface area (TPSA) is 67.4 Å². The van der Waals surface area contributed by atoms with Crippen molar-refractivity contribution in [3.8, 4) is 5.75 Å². The third kappa shape index (κ3) is 5.80. The zero-order valence-corrected chi connectivity index (χ0v) is 15.0. The molecular weight excluding hydrogens is 340 g/mol. The van der Waals surface area contributed by atoms with E-state index in [4.69, 9.17) is 16.3 Å². The maximum absolute atomic E-state index is 12.2. The standard InChI is InChI=1S/C19H21ClN2O3/c1-13(25-17-6-4-3-5-16(17)20)19(24)22-15-10-7-14(8-11-15)9-12-18(23)21-2/h3-8,10-11,13H,9,12H2,1-2H3,(H,21,23)(H,22,24). The molecule has 0 fully saturated rings. The van der Waals surface area contributed by atoms with Gasteiger partial charge in [0, 0.05) is 19.2 Å². The smallest absolute Gasteiger partial charge is 0.265 e. The summed E-state index contributed by atoms with van der Waals surface area (Å²) in [5.74, 6) is 0.206. The van der Waals surface area contributed by atoms with Gasteiger partial charge < -0.3 is 15.4 Å². The van der Waals surface area contributed by atoms with Crippen molar-refractivity contribution in [3.05, 3.63) is 59.1 Å². The number of rotatable bonds is 7. The first-order valence-corrected chi connectivity index (χ1v) is 8.39. The van der Waals surface area contributed by atoms with Crippen LogP contribution in [0.4, 0.5) is 5.69 Å². The first kappa shape index (κ1) is 18.8. The lowest BCUT2D eigenvalue weighted by molar-refractivity contribution is -0.122. The van der Waals surface area contributed by atoms with Crippen molar-refractivity contribution in [1.29, 1.82) is 0 Å². The summed E-state index contributed by atoms with van der Waals surface area (Å²) in [6, 6.07) is 14.4. The molecule has 0 saturated heterocycles. The molecule has 0 aliphatic carbocycles. The molecule has 0 aliphatic rings. The van der Waals surface area contributed by atoms with Gasteiger partial charge in [-0.2, -0.15) is 0 Å². The van der Waals surface area contributed by atoms with Gasteiger partial charge in [-0.15, -0.1) is 0 Å². The number of hydrogen-bond donors (Lipinski definition) is 2. The average Bonchev–Trinajstić information content (AvgIpc) is 2.62. The summed E-state index contributed by atoms with van der Waals surface area (Å²) in [4.78, 5) is 23.5. The Morgan fingerprint density at radius 1 is 1.12 bits per heavy atom. The van der Waals surface area contributed by atoms with Crippen LogP contribution in [-0.2, 0) is 16.0 Å². The maximum atomic E-state index is 12.2. The molecule has 132 valence electrons. The van der Waals surface area contributed by atoms with E-state index in [0.29, 0.717) is 29.3 Å². The number of ether oxygens (including phenoxy) is 1. The first-order valence-electron chi connectivity index (χ1n) is 8.01. The Balaban J connectivity index is 1.89. The highest BCUT2D eigenvalue weighted by molar-refractivity contribution is 6.32. The van der Waals surface area contributed by atoms with Gasteiger partial charge >= 0.3 is 0 Å². The van der Waals surface area contributed by atoms with Crippen molar-refractivity contribution in [2.45, 2.75) is 25.9 Å². The van der Waals surface area contributed by atoms with Crippen molar-refractivity contribution >= 4 is 29.1 Å². The molecule has 6 heteroatoms. The average molecular weight is 361 g/mol. The molecule has 0 heterocycles. The van der Waals surface area contributed by atoms with Crippen LogP contribution in [0.25, 0.3) is 0 Å². The molecule has 1 unspecified atom stereocenters. The highest BCUT2D eigenvalue weighted by Crippen LogP contribution is 2.24. The lowest BCUT2D eigenvalue weighted by Crippen LogP contribution is -2.30. The SMILES string of the molecule is CNC(=O)CCc1ccc(NC(=O)C(C)Oc2ccccc2Cl)cc1. The summed E-state index contributed by atoms with van der Waals surface area (Å²) < 4.78 is 5.59. The largest absolute Gasteiger partial charge is 0.479 e. The predicted octanol–water partition coefficient (Wildman–Crippen LogP) is 3.42. The van der Waals surface area contributed by atoms with E-state index in [1.54, 1.807) is 50.4 Å². The van der Waals surface area contributed by atoms with E-state index < -0.39 is 6.10 Å². The molecule has 2 N–H and O–H groups in total. The third-order valence-electron chi connectivity index (χ3n) is 3.65. The summed E-state index contributed by atoms with van der Waals surface area (Å²) in [6.45, 7) is 1.66. The zero-order chi connectivity index (χ0) is 18.2. The van der Waals surface area contributed by atoms with Gasteiger partial charge in [0.05, 0.1) is 5.02 Å². The Hall–Kier alpha value is -2.53.